The molecule has 0 fully saturated rings. The molecular formula is C11H18N4O. The maximum absolute atomic E-state index is 11.7. The van der Waals surface area contributed by atoms with Crippen LogP contribution in [0, 0.1) is 5.92 Å². The lowest BCUT2D eigenvalue weighted by molar-refractivity contribution is 0.0941. The van der Waals surface area contributed by atoms with Crippen molar-refractivity contribution >= 4 is 11.7 Å². The fourth-order valence-electron chi connectivity index (χ4n) is 1.40. The molecule has 1 rings (SSSR count). The molecule has 0 aromatic carbocycles. The molecule has 3 N–H and O–H groups in total. The standard InChI is InChI=1S/C11H18N4O/c1-3-8(4-2)5-14-11(16)9-6-13-7-10(12)15-9/h6-8H,3-5H2,1-2H3,(H2,12,15)(H,14,16). The fourth-order valence-corrected chi connectivity index (χ4v) is 1.40. The first kappa shape index (κ1) is 12.4. The van der Waals surface area contributed by atoms with Gasteiger partial charge in [0.2, 0.25) is 0 Å². The molecule has 0 saturated heterocycles. The van der Waals surface area contributed by atoms with E-state index in [4.69, 9.17) is 5.73 Å². The third-order valence-corrected chi connectivity index (χ3v) is 2.59. The summed E-state index contributed by atoms with van der Waals surface area (Å²) in [4.78, 5) is 19.4. The third-order valence-electron chi connectivity index (χ3n) is 2.59. The molecule has 0 unspecified atom stereocenters. The maximum atomic E-state index is 11.7. The Hall–Kier alpha value is -1.65. The zero-order valence-electron chi connectivity index (χ0n) is 9.73. The number of nitrogen functional groups attached to an aromatic ring is 1. The minimum Gasteiger partial charge on any atom is -0.382 e. The van der Waals surface area contributed by atoms with Crippen LogP contribution in [0.15, 0.2) is 12.4 Å². The average molecular weight is 222 g/mol. The van der Waals surface area contributed by atoms with Crippen molar-refractivity contribution in [3.63, 3.8) is 0 Å². The number of hydrogen-bond acceptors (Lipinski definition) is 4. The topological polar surface area (TPSA) is 80.9 Å². The summed E-state index contributed by atoms with van der Waals surface area (Å²) in [5, 5.41) is 2.83. The molecule has 1 aromatic heterocycles. The van der Waals surface area contributed by atoms with Crippen molar-refractivity contribution in [1.82, 2.24) is 15.3 Å². The summed E-state index contributed by atoms with van der Waals surface area (Å²) in [6.45, 7) is 4.89. The monoisotopic (exact) mass is 222 g/mol. The second-order valence-electron chi connectivity index (χ2n) is 3.72. The summed E-state index contributed by atoms with van der Waals surface area (Å²) in [7, 11) is 0. The van der Waals surface area contributed by atoms with E-state index in [1.54, 1.807) is 0 Å². The van der Waals surface area contributed by atoms with Crippen LogP contribution in [0.4, 0.5) is 5.82 Å². The van der Waals surface area contributed by atoms with E-state index in [2.05, 4.69) is 29.1 Å². The van der Waals surface area contributed by atoms with E-state index in [-0.39, 0.29) is 17.4 Å². The van der Waals surface area contributed by atoms with Gasteiger partial charge in [-0.25, -0.2) is 4.98 Å². The second kappa shape index (κ2) is 6.05. The zero-order valence-corrected chi connectivity index (χ0v) is 9.73. The zero-order chi connectivity index (χ0) is 12.0. The van der Waals surface area contributed by atoms with E-state index in [9.17, 15) is 4.79 Å². The number of rotatable bonds is 5. The minimum absolute atomic E-state index is 0.216. The Morgan fingerprint density at radius 2 is 2.12 bits per heavy atom. The highest BCUT2D eigenvalue weighted by Crippen LogP contribution is 2.05. The van der Waals surface area contributed by atoms with Crippen molar-refractivity contribution in [2.75, 3.05) is 12.3 Å². The Balaban J connectivity index is 2.52. The van der Waals surface area contributed by atoms with Gasteiger partial charge in [0, 0.05) is 6.54 Å². The van der Waals surface area contributed by atoms with Crippen LogP contribution >= 0.6 is 0 Å². The number of nitrogens with two attached hydrogens (primary N) is 1. The van der Waals surface area contributed by atoms with Gasteiger partial charge in [-0.15, -0.1) is 0 Å². The average Bonchev–Trinajstić information content (AvgIpc) is 2.30. The largest absolute Gasteiger partial charge is 0.382 e. The molecule has 0 aliphatic heterocycles. The first-order chi connectivity index (χ1) is 7.67. The molecule has 0 atom stereocenters. The van der Waals surface area contributed by atoms with E-state index < -0.39 is 0 Å². The van der Waals surface area contributed by atoms with Crippen molar-refractivity contribution < 1.29 is 4.79 Å². The van der Waals surface area contributed by atoms with Gasteiger partial charge in [0.15, 0.2) is 0 Å². The van der Waals surface area contributed by atoms with E-state index >= 15 is 0 Å². The van der Waals surface area contributed by atoms with E-state index in [1.807, 2.05) is 0 Å². The van der Waals surface area contributed by atoms with Crippen LogP contribution in [-0.2, 0) is 0 Å². The van der Waals surface area contributed by atoms with E-state index in [0.29, 0.717) is 12.5 Å². The molecule has 0 radical (unpaired) electrons. The second-order valence-corrected chi connectivity index (χ2v) is 3.72. The quantitative estimate of drug-likeness (QED) is 0.785. The molecule has 0 aliphatic rings. The van der Waals surface area contributed by atoms with Crippen LogP contribution in [0.25, 0.3) is 0 Å². The van der Waals surface area contributed by atoms with Crippen molar-refractivity contribution in [2.24, 2.45) is 5.92 Å². The summed E-state index contributed by atoms with van der Waals surface area (Å²) in [5.41, 5.74) is 5.72. The number of hydrogen-bond donors (Lipinski definition) is 2. The van der Waals surface area contributed by atoms with Crippen molar-refractivity contribution in [3.8, 4) is 0 Å². The molecule has 88 valence electrons. The maximum Gasteiger partial charge on any atom is 0.271 e. The minimum atomic E-state index is -0.216. The fraction of sp³-hybridized carbons (Fsp3) is 0.545. The van der Waals surface area contributed by atoms with Gasteiger partial charge >= 0.3 is 0 Å². The number of amides is 1. The van der Waals surface area contributed by atoms with Gasteiger partial charge < -0.3 is 11.1 Å². The predicted octanol–water partition coefficient (Wildman–Crippen LogP) is 1.22. The Labute approximate surface area is 95.5 Å². The molecule has 5 heteroatoms. The molecule has 0 spiro atoms. The van der Waals surface area contributed by atoms with Crippen molar-refractivity contribution in [2.45, 2.75) is 26.7 Å². The van der Waals surface area contributed by atoms with Crippen LogP contribution in [-0.4, -0.2) is 22.4 Å². The molecule has 1 amide bonds. The molecule has 0 saturated carbocycles. The predicted molar refractivity (Wildman–Crippen MR) is 62.8 cm³/mol. The van der Waals surface area contributed by atoms with Gasteiger partial charge in [-0.1, -0.05) is 26.7 Å². The Morgan fingerprint density at radius 3 is 2.69 bits per heavy atom. The molecule has 16 heavy (non-hydrogen) atoms. The number of carbonyl (C=O) groups is 1. The smallest absolute Gasteiger partial charge is 0.271 e. The van der Waals surface area contributed by atoms with Crippen molar-refractivity contribution in [1.29, 1.82) is 0 Å². The number of carbonyl (C=O) groups excluding carboxylic acids is 1. The Kier molecular flexibility index (Phi) is 4.69. The molecular weight excluding hydrogens is 204 g/mol. The van der Waals surface area contributed by atoms with Crippen LogP contribution in [0.2, 0.25) is 0 Å². The molecule has 0 bridgehead atoms. The number of anilines is 1. The highest BCUT2D eigenvalue weighted by molar-refractivity contribution is 5.92. The van der Waals surface area contributed by atoms with Crippen LogP contribution in [0.1, 0.15) is 37.2 Å². The van der Waals surface area contributed by atoms with Gasteiger partial charge in [0.1, 0.15) is 11.5 Å². The molecule has 1 aromatic rings. The van der Waals surface area contributed by atoms with Gasteiger partial charge in [-0.05, 0) is 5.92 Å². The van der Waals surface area contributed by atoms with E-state index in [1.165, 1.54) is 12.4 Å². The summed E-state index contributed by atoms with van der Waals surface area (Å²) < 4.78 is 0. The summed E-state index contributed by atoms with van der Waals surface area (Å²) in [5.74, 6) is 0.555. The normalized spacial score (nSPS) is 10.4. The van der Waals surface area contributed by atoms with Gasteiger partial charge in [-0.2, -0.15) is 0 Å². The molecule has 1 heterocycles. The SMILES string of the molecule is CCC(CC)CNC(=O)c1cncc(N)n1. The summed E-state index contributed by atoms with van der Waals surface area (Å²) >= 11 is 0. The van der Waals surface area contributed by atoms with Crippen molar-refractivity contribution in [3.05, 3.63) is 18.1 Å². The lowest BCUT2D eigenvalue weighted by Gasteiger charge is -2.12. The number of nitrogens with zero attached hydrogens (tertiary/aromatic N) is 2. The van der Waals surface area contributed by atoms with Crippen LogP contribution in [0.3, 0.4) is 0 Å². The third kappa shape index (κ3) is 3.49. The van der Waals surface area contributed by atoms with Gasteiger partial charge in [0.05, 0.1) is 12.4 Å². The first-order valence-corrected chi connectivity index (χ1v) is 5.53. The Bertz CT molecular complexity index is 350. The number of aromatic nitrogens is 2. The van der Waals surface area contributed by atoms with Crippen LogP contribution in [0.5, 0.6) is 0 Å². The lowest BCUT2D eigenvalue weighted by Crippen LogP contribution is -2.29. The Morgan fingerprint density at radius 1 is 1.44 bits per heavy atom. The van der Waals surface area contributed by atoms with E-state index in [0.717, 1.165) is 12.8 Å². The van der Waals surface area contributed by atoms with Gasteiger partial charge in [-0.3, -0.25) is 9.78 Å². The molecule has 5 nitrogen and oxygen atoms in total. The number of nitrogens with one attached hydrogen (secondary N) is 1. The first-order valence-electron chi connectivity index (χ1n) is 5.53. The van der Waals surface area contributed by atoms with Crippen LogP contribution < -0.4 is 11.1 Å². The highest BCUT2D eigenvalue weighted by atomic mass is 16.1. The molecule has 0 aliphatic carbocycles. The lowest BCUT2D eigenvalue weighted by atomic mass is 10.0. The summed E-state index contributed by atoms with van der Waals surface area (Å²) in [6, 6.07) is 0. The highest BCUT2D eigenvalue weighted by Gasteiger charge is 2.10. The van der Waals surface area contributed by atoms with Gasteiger partial charge in [0.25, 0.3) is 5.91 Å². The summed E-state index contributed by atoms with van der Waals surface area (Å²) in [6.07, 6.45) is 4.94.